The van der Waals surface area contributed by atoms with Crippen molar-refractivity contribution in [1.82, 2.24) is 0 Å². The van der Waals surface area contributed by atoms with Crippen molar-refractivity contribution >= 4 is 23.5 Å². The zero-order chi connectivity index (χ0) is 10.7. The Labute approximate surface area is 89.9 Å². The van der Waals surface area contributed by atoms with E-state index in [0.717, 1.165) is 11.6 Å². The summed E-state index contributed by atoms with van der Waals surface area (Å²) in [5, 5.41) is 13.1. The summed E-state index contributed by atoms with van der Waals surface area (Å²) in [6.45, 7) is 0. The molecule has 0 saturated heterocycles. The maximum atomic E-state index is 10.9. The van der Waals surface area contributed by atoms with Gasteiger partial charge in [0.05, 0.1) is 6.07 Å². The van der Waals surface area contributed by atoms with Gasteiger partial charge in [-0.25, -0.2) is 4.79 Å². The molecule has 0 fully saturated rings. The first kappa shape index (κ1) is 9.73. The zero-order valence-corrected chi connectivity index (χ0v) is 8.53. The fourth-order valence-electron chi connectivity index (χ4n) is 1.11. The first-order valence-electron chi connectivity index (χ1n) is 4.28. The average molecular weight is 220 g/mol. The topological polar surface area (TPSA) is 50.4 Å². The molecule has 1 N–H and O–H groups in total. The second-order valence-corrected chi connectivity index (χ2v) is 3.71. The lowest BCUT2D eigenvalue weighted by atomic mass is 10.3. The highest BCUT2D eigenvalue weighted by Crippen LogP contribution is 2.13. The minimum atomic E-state index is -0.556. The molecule has 0 aliphatic heterocycles. The van der Waals surface area contributed by atoms with Crippen molar-refractivity contribution in [3.05, 3.63) is 50.7 Å². The standard InChI is InChI=1S/C11H8O3S/c12-9-5-10(14-11(13)6-9)2-1-8-3-4-15-7-8/h1-7,12H/b2-1+. The van der Waals surface area contributed by atoms with Crippen LogP contribution in [0.5, 0.6) is 5.75 Å². The van der Waals surface area contributed by atoms with Crippen LogP contribution in [0, 0.1) is 0 Å². The van der Waals surface area contributed by atoms with Gasteiger partial charge in [-0.15, -0.1) is 0 Å². The maximum Gasteiger partial charge on any atom is 0.339 e. The first-order chi connectivity index (χ1) is 7.24. The Bertz CT molecular complexity index is 523. The van der Waals surface area contributed by atoms with Crippen molar-refractivity contribution in [3.63, 3.8) is 0 Å². The summed E-state index contributed by atoms with van der Waals surface area (Å²) in [4.78, 5) is 10.9. The highest BCUT2D eigenvalue weighted by molar-refractivity contribution is 7.08. The Hall–Kier alpha value is -1.81. The fourth-order valence-corrected chi connectivity index (χ4v) is 1.74. The Kier molecular flexibility index (Phi) is 2.69. The van der Waals surface area contributed by atoms with E-state index in [-0.39, 0.29) is 5.75 Å². The van der Waals surface area contributed by atoms with Crippen LogP contribution in [0.1, 0.15) is 11.3 Å². The molecule has 0 aliphatic carbocycles. The molecule has 2 rings (SSSR count). The van der Waals surface area contributed by atoms with Crippen LogP contribution in [-0.2, 0) is 0 Å². The van der Waals surface area contributed by atoms with E-state index in [0.29, 0.717) is 5.76 Å². The Morgan fingerprint density at radius 1 is 1.33 bits per heavy atom. The molecular formula is C11H8O3S. The van der Waals surface area contributed by atoms with Crippen molar-refractivity contribution < 1.29 is 9.52 Å². The molecular weight excluding hydrogens is 212 g/mol. The van der Waals surface area contributed by atoms with E-state index in [1.165, 1.54) is 6.07 Å². The van der Waals surface area contributed by atoms with Crippen LogP contribution < -0.4 is 5.63 Å². The molecule has 4 heteroatoms. The van der Waals surface area contributed by atoms with Crippen molar-refractivity contribution in [1.29, 1.82) is 0 Å². The SMILES string of the molecule is O=c1cc(O)cc(/C=C/c2ccsc2)o1. The van der Waals surface area contributed by atoms with Crippen LogP contribution in [0.25, 0.3) is 12.2 Å². The zero-order valence-electron chi connectivity index (χ0n) is 7.71. The van der Waals surface area contributed by atoms with Crippen LogP contribution in [0.2, 0.25) is 0 Å². The van der Waals surface area contributed by atoms with E-state index in [9.17, 15) is 4.79 Å². The summed E-state index contributed by atoms with van der Waals surface area (Å²) in [6, 6.07) is 4.37. The molecule has 3 nitrogen and oxygen atoms in total. The minimum absolute atomic E-state index is 0.0868. The molecule has 2 aromatic heterocycles. The average Bonchev–Trinajstić information content (AvgIpc) is 2.65. The van der Waals surface area contributed by atoms with Crippen molar-refractivity contribution in [3.8, 4) is 5.75 Å². The number of aromatic hydroxyl groups is 1. The molecule has 0 bridgehead atoms. The van der Waals surface area contributed by atoms with Crippen molar-refractivity contribution in [2.24, 2.45) is 0 Å². The summed E-state index contributed by atoms with van der Waals surface area (Å²) < 4.78 is 4.86. The van der Waals surface area contributed by atoms with Gasteiger partial charge in [0.2, 0.25) is 0 Å². The highest BCUT2D eigenvalue weighted by atomic mass is 32.1. The maximum absolute atomic E-state index is 10.9. The van der Waals surface area contributed by atoms with Gasteiger partial charge in [0.25, 0.3) is 0 Å². The number of hydrogen-bond acceptors (Lipinski definition) is 4. The van der Waals surface area contributed by atoms with Gasteiger partial charge in [-0.2, -0.15) is 11.3 Å². The summed E-state index contributed by atoms with van der Waals surface area (Å²) in [7, 11) is 0. The fraction of sp³-hybridized carbons (Fsp3) is 0. The Morgan fingerprint density at radius 2 is 2.20 bits per heavy atom. The lowest BCUT2D eigenvalue weighted by Crippen LogP contribution is -1.95. The van der Waals surface area contributed by atoms with Gasteiger partial charge in [0.15, 0.2) is 0 Å². The molecule has 0 aliphatic rings. The van der Waals surface area contributed by atoms with E-state index in [2.05, 4.69) is 0 Å². The largest absolute Gasteiger partial charge is 0.508 e. The monoisotopic (exact) mass is 220 g/mol. The minimum Gasteiger partial charge on any atom is -0.508 e. The van der Waals surface area contributed by atoms with Crippen molar-refractivity contribution in [2.45, 2.75) is 0 Å². The van der Waals surface area contributed by atoms with E-state index in [1.807, 2.05) is 22.9 Å². The second-order valence-electron chi connectivity index (χ2n) is 2.93. The normalized spacial score (nSPS) is 10.9. The molecule has 0 spiro atoms. The predicted octanol–water partition coefficient (Wildman–Crippen LogP) is 2.58. The highest BCUT2D eigenvalue weighted by Gasteiger charge is 1.96. The van der Waals surface area contributed by atoms with Crippen LogP contribution in [0.4, 0.5) is 0 Å². The van der Waals surface area contributed by atoms with Gasteiger partial charge in [0.1, 0.15) is 11.5 Å². The molecule has 0 amide bonds. The Morgan fingerprint density at radius 3 is 2.87 bits per heavy atom. The van der Waals surface area contributed by atoms with Gasteiger partial charge < -0.3 is 9.52 Å². The lowest BCUT2D eigenvalue weighted by Gasteiger charge is -1.92. The molecule has 0 radical (unpaired) electrons. The third-order valence-electron chi connectivity index (χ3n) is 1.76. The predicted molar refractivity (Wildman–Crippen MR) is 59.9 cm³/mol. The molecule has 0 saturated carbocycles. The smallest absolute Gasteiger partial charge is 0.339 e. The van der Waals surface area contributed by atoms with Crippen LogP contribution >= 0.6 is 11.3 Å². The van der Waals surface area contributed by atoms with Gasteiger partial charge in [-0.3, -0.25) is 0 Å². The van der Waals surface area contributed by atoms with Crippen molar-refractivity contribution in [2.75, 3.05) is 0 Å². The van der Waals surface area contributed by atoms with Crippen LogP contribution in [0.3, 0.4) is 0 Å². The van der Waals surface area contributed by atoms with E-state index >= 15 is 0 Å². The summed E-state index contributed by atoms with van der Waals surface area (Å²) in [5.74, 6) is 0.252. The van der Waals surface area contributed by atoms with Gasteiger partial charge in [0, 0.05) is 6.07 Å². The lowest BCUT2D eigenvalue weighted by molar-refractivity contribution is 0.444. The summed E-state index contributed by atoms with van der Waals surface area (Å²) in [6.07, 6.45) is 3.46. The molecule has 2 heterocycles. The van der Waals surface area contributed by atoms with E-state index in [4.69, 9.17) is 9.52 Å². The van der Waals surface area contributed by atoms with E-state index in [1.54, 1.807) is 17.4 Å². The van der Waals surface area contributed by atoms with Gasteiger partial charge >= 0.3 is 5.63 Å². The summed E-state index contributed by atoms with van der Waals surface area (Å²) >= 11 is 1.59. The third-order valence-corrected chi connectivity index (χ3v) is 2.46. The number of rotatable bonds is 2. The summed E-state index contributed by atoms with van der Waals surface area (Å²) in [5.41, 5.74) is 0.478. The van der Waals surface area contributed by atoms with Gasteiger partial charge in [-0.05, 0) is 28.5 Å². The molecule has 0 unspecified atom stereocenters. The second kappa shape index (κ2) is 4.14. The molecule has 0 atom stereocenters. The Balaban J connectivity index is 2.28. The molecule has 76 valence electrons. The molecule has 0 aromatic carbocycles. The third kappa shape index (κ3) is 2.57. The quantitative estimate of drug-likeness (QED) is 0.846. The molecule has 15 heavy (non-hydrogen) atoms. The number of thiophene rings is 1. The van der Waals surface area contributed by atoms with E-state index < -0.39 is 5.63 Å². The number of hydrogen-bond donors (Lipinski definition) is 1. The van der Waals surface area contributed by atoms with Crippen LogP contribution in [-0.4, -0.2) is 5.11 Å². The first-order valence-corrected chi connectivity index (χ1v) is 5.23. The van der Waals surface area contributed by atoms with Gasteiger partial charge in [-0.1, -0.05) is 6.08 Å². The molecule has 2 aromatic rings. The van der Waals surface area contributed by atoms with Crippen LogP contribution in [0.15, 0.2) is 38.2 Å².